The Hall–Kier alpha value is -2.82. The molecule has 5 nitrogen and oxygen atoms in total. The fourth-order valence-electron chi connectivity index (χ4n) is 3.01. The third-order valence-electron chi connectivity index (χ3n) is 4.45. The minimum Gasteiger partial charge on any atom is -0.377 e. The topological polar surface area (TPSA) is 61.4 Å². The van der Waals surface area contributed by atoms with Crippen molar-refractivity contribution in [1.29, 1.82) is 0 Å². The van der Waals surface area contributed by atoms with Gasteiger partial charge in [-0.1, -0.05) is 44.2 Å². The minimum atomic E-state index is -0.225. The van der Waals surface area contributed by atoms with Crippen LogP contribution in [0.3, 0.4) is 0 Å². The number of hydrogen-bond donors (Lipinski definition) is 2. The van der Waals surface area contributed by atoms with E-state index in [1.54, 1.807) is 6.07 Å². The molecule has 0 bridgehead atoms. The number of benzene rings is 2. The molecular weight excluding hydrogens is 338 g/mol. The normalized spacial score (nSPS) is 11.6. The van der Waals surface area contributed by atoms with Crippen molar-refractivity contribution < 1.29 is 9.59 Å². The largest absolute Gasteiger partial charge is 0.377 e. The number of nitrogens with one attached hydrogen (secondary N) is 2. The summed E-state index contributed by atoms with van der Waals surface area (Å²) >= 11 is 0. The van der Waals surface area contributed by atoms with E-state index in [-0.39, 0.29) is 17.7 Å². The summed E-state index contributed by atoms with van der Waals surface area (Å²) in [7, 11) is 3.79. The lowest BCUT2D eigenvalue weighted by molar-refractivity contribution is -0.117. The number of anilines is 2. The second-order valence-electron chi connectivity index (χ2n) is 6.74. The second kappa shape index (κ2) is 9.76. The highest BCUT2D eigenvalue weighted by Crippen LogP contribution is 2.25. The van der Waals surface area contributed by atoms with E-state index in [1.807, 2.05) is 75.3 Å². The van der Waals surface area contributed by atoms with E-state index >= 15 is 0 Å². The van der Waals surface area contributed by atoms with E-state index < -0.39 is 0 Å². The van der Waals surface area contributed by atoms with Gasteiger partial charge in [-0.05, 0) is 36.6 Å². The smallest absolute Gasteiger partial charge is 0.253 e. The van der Waals surface area contributed by atoms with Crippen molar-refractivity contribution in [3.8, 4) is 0 Å². The van der Waals surface area contributed by atoms with Crippen molar-refractivity contribution in [2.24, 2.45) is 0 Å². The molecule has 2 amide bonds. The minimum absolute atomic E-state index is 0.0683. The van der Waals surface area contributed by atoms with E-state index in [4.69, 9.17) is 0 Å². The average Bonchev–Trinajstić information content (AvgIpc) is 2.67. The molecule has 0 spiro atoms. The van der Waals surface area contributed by atoms with Crippen LogP contribution in [0.25, 0.3) is 0 Å². The Morgan fingerprint density at radius 3 is 2.33 bits per heavy atom. The van der Waals surface area contributed by atoms with Gasteiger partial charge < -0.3 is 15.5 Å². The molecule has 0 saturated carbocycles. The van der Waals surface area contributed by atoms with Crippen molar-refractivity contribution in [2.75, 3.05) is 30.9 Å². The van der Waals surface area contributed by atoms with Gasteiger partial charge in [0, 0.05) is 32.0 Å². The number of carbonyl (C=O) groups excluding carboxylic acids is 2. The molecule has 2 aromatic rings. The molecule has 2 N–H and O–H groups in total. The Balaban J connectivity index is 2.25. The first-order valence-corrected chi connectivity index (χ1v) is 9.43. The van der Waals surface area contributed by atoms with Crippen LogP contribution in [0.2, 0.25) is 0 Å². The summed E-state index contributed by atoms with van der Waals surface area (Å²) in [5.74, 6) is -0.426. The van der Waals surface area contributed by atoms with Gasteiger partial charge in [0.05, 0.1) is 11.5 Å². The van der Waals surface area contributed by atoms with Crippen LogP contribution in [0.4, 0.5) is 11.4 Å². The molecule has 0 aliphatic carbocycles. The average molecular weight is 367 g/mol. The van der Waals surface area contributed by atoms with Gasteiger partial charge in [-0.3, -0.25) is 9.59 Å². The predicted molar refractivity (Wildman–Crippen MR) is 111 cm³/mol. The van der Waals surface area contributed by atoms with Crippen LogP contribution in [-0.4, -0.2) is 32.5 Å². The molecule has 0 radical (unpaired) electrons. The molecule has 1 atom stereocenters. The number of nitrogens with zero attached hydrogens (tertiary/aromatic N) is 1. The maximum atomic E-state index is 12.8. The van der Waals surface area contributed by atoms with Crippen molar-refractivity contribution in [3.63, 3.8) is 0 Å². The molecular formula is C22H29N3O2. The number of hydrogen-bond acceptors (Lipinski definition) is 3. The monoisotopic (exact) mass is 367 g/mol. The van der Waals surface area contributed by atoms with E-state index in [9.17, 15) is 9.59 Å². The van der Waals surface area contributed by atoms with Crippen LogP contribution >= 0.6 is 0 Å². The summed E-state index contributed by atoms with van der Waals surface area (Å²) in [6.07, 6.45) is 1.57. The third kappa shape index (κ3) is 5.33. The third-order valence-corrected chi connectivity index (χ3v) is 4.45. The SMILES string of the molecule is CCCNC(=O)c1cc(NC(=O)C(CC)c2ccccc2)ccc1N(C)C. The highest BCUT2D eigenvalue weighted by atomic mass is 16.2. The molecule has 1 unspecified atom stereocenters. The Morgan fingerprint density at radius 1 is 1.04 bits per heavy atom. The van der Waals surface area contributed by atoms with Gasteiger partial charge in [-0.25, -0.2) is 0 Å². The Kier molecular flexibility index (Phi) is 7.41. The molecule has 2 rings (SSSR count). The van der Waals surface area contributed by atoms with E-state index in [2.05, 4.69) is 10.6 Å². The maximum Gasteiger partial charge on any atom is 0.253 e. The first kappa shape index (κ1) is 20.5. The highest BCUT2D eigenvalue weighted by molar-refractivity contribution is 6.02. The lowest BCUT2D eigenvalue weighted by Gasteiger charge is -2.20. The van der Waals surface area contributed by atoms with Crippen molar-refractivity contribution in [1.82, 2.24) is 5.32 Å². The summed E-state index contributed by atoms with van der Waals surface area (Å²) in [5, 5.41) is 5.88. The van der Waals surface area contributed by atoms with Crippen molar-refractivity contribution in [2.45, 2.75) is 32.6 Å². The fraction of sp³-hybridized carbons (Fsp3) is 0.364. The summed E-state index contributed by atoms with van der Waals surface area (Å²) in [4.78, 5) is 27.2. The zero-order valence-electron chi connectivity index (χ0n) is 16.6. The van der Waals surface area contributed by atoms with Crippen molar-refractivity contribution in [3.05, 3.63) is 59.7 Å². The molecule has 27 heavy (non-hydrogen) atoms. The number of rotatable bonds is 8. The molecule has 144 valence electrons. The van der Waals surface area contributed by atoms with Gasteiger partial charge in [0.15, 0.2) is 0 Å². The lowest BCUT2D eigenvalue weighted by atomic mass is 9.95. The number of carbonyl (C=O) groups is 2. The van der Waals surface area contributed by atoms with Crippen molar-refractivity contribution >= 4 is 23.2 Å². The molecule has 2 aromatic carbocycles. The Bertz CT molecular complexity index is 772. The first-order valence-electron chi connectivity index (χ1n) is 9.43. The lowest BCUT2D eigenvalue weighted by Crippen LogP contribution is -2.27. The Morgan fingerprint density at radius 2 is 1.74 bits per heavy atom. The van der Waals surface area contributed by atoms with Crippen LogP contribution in [0.5, 0.6) is 0 Å². The standard InChI is InChI=1S/C22H29N3O2/c1-5-14-23-21(26)19-15-17(12-13-20(19)25(3)4)24-22(27)18(6-2)16-10-8-7-9-11-16/h7-13,15,18H,5-6,14H2,1-4H3,(H,23,26)(H,24,27). The van der Waals surface area contributed by atoms with Gasteiger partial charge in [0.1, 0.15) is 0 Å². The molecule has 0 aliphatic heterocycles. The van der Waals surface area contributed by atoms with E-state index in [0.29, 0.717) is 24.2 Å². The molecule has 0 fully saturated rings. The van der Waals surface area contributed by atoms with Crippen LogP contribution in [0.15, 0.2) is 48.5 Å². The van der Waals surface area contributed by atoms with Gasteiger partial charge in [-0.2, -0.15) is 0 Å². The summed E-state index contributed by atoms with van der Waals surface area (Å²) in [6, 6.07) is 15.2. The van der Waals surface area contributed by atoms with Gasteiger partial charge in [0.2, 0.25) is 5.91 Å². The zero-order chi connectivity index (χ0) is 19.8. The van der Waals surface area contributed by atoms with Gasteiger partial charge >= 0.3 is 0 Å². The molecule has 5 heteroatoms. The quantitative estimate of drug-likeness (QED) is 0.741. The van der Waals surface area contributed by atoms with Gasteiger partial charge in [-0.15, -0.1) is 0 Å². The summed E-state index contributed by atoms with van der Waals surface area (Å²) in [5.41, 5.74) is 2.99. The van der Waals surface area contributed by atoms with E-state index in [0.717, 1.165) is 17.7 Å². The first-order chi connectivity index (χ1) is 13.0. The molecule has 0 saturated heterocycles. The summed E-state index contributed by atoms with van der Waals surface area (Å²) < 4.78 is 0. The molecule has 0 heterocycles. The highest BCUT2D eigenvalue weighted by Gasteiger charge is 2.20. The molecule has 0 aliphatic rings. The molecule has 0 aromatic heterocycles. The van der Waals surface area contributed by atoms with Crippen LogP contribution < -0.4 is 15.5 Å². The summed E-state index contributed by atoms with van der Waals surface area (Å²) in [6.45, 7) is 4.63. The van der Waals surface area contributed by atoms with Crippen LogP contribution in [0, 0.1) is 0 Å². The maximum absolute atomic E-state index is 12.8. The van der Waals surface area contributed by atoms with Crippen LogP contribution in [0.1, 0.15) is 48.5 Å². The predicted octanol–water partition coefficient (Wildman–Crippen LogP) is 4.02. The number of amides is 2. The zero-order valence-corrected chi connectivity index (χ0v) is 16.6. The Labute approximate surface area is 161 Å². The fourth-order valence-corrected chi connectivity index (χ4v) is 3.01. The van der Waals surface area contributed by atoms with E-state index in [1.165, 1.54) is 0 Å². The van der Waals surface area contributed by atoms with Gasteiger partial charge in [0.25, 0.3) is 5.91 Å². The van der Waals surface area contributed by atoms with Crippen LogP contribution in [-0.2, 0) is 4.79 Å². The second-order valence-corrected chi connectivity index (χ2v) is 6.74.